The van der Waals surface area contributed by atoms with Gasteiger partial charge in [0.2, 0.25) is 0 Å². The van der Waals surface area contributed by atoms with Crippen LogP contribution in [-0.2, 0) is 13.8 Å². The van der Waals surface area contributed by atoms with E-state index in [-0.39, 0.29) is 33.5 Å². The zero-order chi connectivity index (χ0) is 15.8. The molecular weight excluding hydrogens is 337 g/mol. The molecule has 0 spiro atoms. The topological polar surface area (TPSA) is 72.5 Å². The lowest BCUT2D eigenvalue weighted by Crippen LogP contribution is -2.47. The van der Waals surface area contributed by atoms with Crippen LogP contribution in [0, 0.1) is 6.92 Å². The highest BCUT2D eigenvalue weighted by Gasteiger charge is 2.31. The molecule has 0 aromatic heterocycles. The van der Waals surface area contributed by atoms with E-state index in [2.05, 4.69) is 5.32 Å². The SMILES string of the molecule is COC1CC(NC(=O)c2cc(S(=O)(=O)Cl)cc(Cl)c2C)C1. The van der Waals surface area contributed by atoms with Crippen molar-refractivity contribution < 1.29 is 17.9 Å². The van der Waals surface area contributed by atoms with Crippen LogP contribution in [0.15, 0.2) is 17.0 Å². The maximum absolute atomic E-state index is 12.2. The van der Waals surface area contributed by atoms with Gasteiger partial charge in [-0.2, -0.15) is 0 Å². The van der Waals surface area contributed by atoms with Crippen molar-refractivity contribution in [2.75, 3.05) is 7.11 Å². The van der Waals surface area contributed by atoms with Crippen LogP contribution in [0.2, 0.25) is 5.02 Å². The molecule has 1 aromatic carbocycles. The molecule has 1 N–H and O–H groups in total. The molecule has 0 heterocycles. The zero-order valence-corrected chi connectivity index (χ0v) is 13.8. The molecule has 0 atom stereocenters. The number of ether oxygens (including phenoxy) is 1. The molecule has 1 aliphatic carbocycles. The predicted octanol–water partition coefficient (Wildman–Crippen LogP) is 2.48. The monoisotopic (exact) mass is 351 g/mol. The third-order valence-corrected chi connectivity index (χ3v) is 5.33. The van der Waals surface area contributed by atoms with Crippen LogP contribution in [0.4, 0.5) is 0 Å². The van der Waals surface area contributed by atoms with Crippen LogP contribution in [0.25, 0.3) is 0 Å². The van der Waals surface area contributed by atoms with Gasteiger partial charge in [-0.25, -0.2) is 8.42 Å². The molecule has 0 unspecified atom stereocenters. The smallest absolute Gasteiger partial charge is 0.261 e. The number of halogens is 2. The first-order chi connectivity index (χ1) is 9.72. The summed E-state index contributed by atoms with van der Waals surface area (Å²) in [4.78, 5) is 12.1. The third kappa shape index (κ3) is 3.69. The van der Waals surface area contributed by atoms with Crippen LogP contribution in [-0.4, -0.2) is 33.6 Å². The van der Waals surface area contributed by atoms with Crippen molar-refractivity contribution in [2.45, 2.75) is 36.8 Å². The Morgan fingerprint density at radius 3 is 2.52 bits per heavy atom. The van der Waals surface area contributed by atoms with Gasteiger partial charge in [-0.1, -0.05) is 11.6 Å². The minimum atomic E-state index is -3.94. The maximum atomic E-state index is 12.2. The molecular formula is C13H15Cl2NO4S. The molecule has 1 aromatic rings. The standard InChI is InChI=1S/C13H15Cl2NO4S/c1-7-11(5-10(6-12(7)14)21(15,18)19)13(17)16-8-3-9(4-8)20-2/h5-6,8-9H,3-4H2,1-2H3,(H,16,17). The quantitative estimate of drug-likeness (QED) is 0.845. The molecule has 2 rings (SSSR count). The molecule has 0 radical (unpaired) electrons. The van der Waals surface area contributed by atoms with E-state index in [9.17, 15) is 13.2 Å². The van der Waals surface area contributed by atoms with Crippen molar-refractivity contribution in [3.05, 3.63) is 28.3 Å². The highest BCUT2D eigenvalue weighted by molar-refractivity contribution is 8.13. The molecule has 1 saturated carbocycles. The predicted molar refractivity (Wildman–Crippen MR) is 80.5 cm³/mol. The summed E-state index contributed by atoms with van der Waals surface area (Å²) in [7, 11) is 2.99. The van der Waals surface area contributed by atoms with Gasteiger partial charge in [0.25, 0.3) is 15.0 Å². The molecule has 0 aliphatic heterocycles. The van der Waals surface area contributed by atoms with E-state index in [1.807, 2.05) is 0 Å². The Hall–Kier alpha value is -0.820. The summed E-state index contributed by atoms with van der Waals surface area (Å²) in [5.41, 5.74) is 0.725. The number of benzene rings is 1. The van der Waals surface area contributed by atoms with E-state index in [0.29, 0.717) is 5.56 Å². The fourth-order valence-electron chi connectivity index (χ4n) is 2.17. The van der Waals surface area contributed by atoms with Gasteiger partial charge in [-0.15, -0.1) is 0 Å². The summed E-state index contributed by atoms with van der Waals surface area (Å²) >= 11 is 5.98. The highest BCUT2D eigenvalue weighted by Crippen LogP contribution is 2.28. The van der Waals surface area contributed by atoms with Crippen molar-refractivity contribution >= 4 is 37.2 Å². The molecule has 1 amide bonds. The summed E-state index contributed by atoms with van der Waals surface area (Å²) in [5, 5.41) is 3.01. The molecule has 1 aliphatic rings. The Bertz CT molecular complexity index is 669. The zero-order valence-electron chi connectivity index (χ0n) is 11.5. The van der Waals surface area contributed by atoms with Gasteiger partial charge in [-0.05, 0) is 37.5 Å². The summed E-state index contributed by atoms with van der Waals surface area (Å²) < 4.78 is 27.9. The number of amides is 1. The van der Waals surface area contributed by atoms with Gasteiger partial charge in [0.05, 0.1) is 11.0 Å². The Kier molecular flexibility index (Phi) is 4.82. The number of hydrogen-bond donors (Lipinski definition) is 1. The van der Waals surface area contributed by atoms with Gasteiger partial charge >= 0.3 is 0 Å². The molecule has 5 nitrogen and oxygen atoms in total. The first-order valence-corrected chi connectivity index (χ1v) is 8.99. The normalized spacial score (nSPS) is 21.7. The van der Waals surface area contributed by atoms with E-state index in [4.69, 9.17) is 27.0 Å². The van der Waals surface area contributed by atoms with Gasteiger partial charge in [0, 0.05) is 34.4 Å². The van der Waals surface area contributed by atoms with Crippen LogP contribution >= 0.6 is 22.3 Å². The Morgan fingerprint density at radius 1 is 1.38 bits per heavy atom. The summed E-state index contributed by atoms with van der Waals surface area (Å²) in [6.45, 7) is 1.65. The average Bonchev–Trinajstić information content (AvgIpc) is 2.34. The van der Waals surface area contributed by atoms with E-state index in [1.165, 1.54) is 12.1 Å². The highest BCUT2D eigenvalue weighted by atomic mass is 35.7. The van der Waals surface area contributed by atoms with Crippen LogP contribution in [0.3, 0.4) is 0 Å². The van der Waals surface area contributed by atoms with Crippen LogP contribution in [0.1, 0.15) is 28.8 Å². The van der Waals surface area contributed by atoms with Crippen molar-refractivity contribution in [3.8, 4) is 0 Å². The van der Waals surface area contributed by atoms with Gasteiger partial charge in [-0.3, -0.25) is 4.79 Å². The third-order valence-electron chi connectivity index (χ3n) is 3.61. The van der Waals surface area contributed by atoms with Crippen molar-refractivity contribution in [1.82, 2.24) is 5.32 Å². The number of methoxy groups -OCH3 is 1. The number of rotatable bonds is 4. The fraction of sp³-hybridized carbons (Fsp3) is 0.462. The number of carbonyl (C=O) groups is 1. The van der Waals surface area contributed by atoms with E-state index < -0.39 is 9.05 Å². The van der Waals surface area contributed by atoms with Gasteiger partial charge in [0.1, 0.15) is 0 Å². The molecule has 116 valence electrons. The lowest BCUT2D eigenvalue weighted by atomic mass is 9.89. The van der Waals surface area contributed by atoms with Crippen LogP contribution in [0.5, 0.6) is 0 Å². The maximum Gasteiger partial charge on any atom is 0.261 e. The molecule has 0 saturated heterocycles. The Labute approximate surface area is 133 Å². The molecule has 8 heteroatoms. The Morgan fingerprint density at radius 2 is 2.00 bits per heavy atom. The minimum Gasteiger partial charge on any atom is -0.381 e. The summed E-state index contributed by atoms with van der Waals surface area (Å²) in [5.74, 6) is -0.365. The van der Waals surface area contributed by atoms with Crippen molar-refractivity contribution in [2.24, 2.45) is 0 Å². The fourth-order valence-corrected chi connectivity index (χ4v) is 3.24. The van der Waals surface area contributed by atoms with Crippen molar-refractivity contribution in [3.63, 3.8) is 0 Å². The second kappa shape index (κ2) is 6.12. The summed E-state index contributed by atoms with van der Waals surface area (Å²) in [6.07, 6.45) is 1.64. The first-order valence-electron chi connectivity index (χ1n) is 6.31. The van der Waals surface area contributed by atoms with E-state index >= 15 is 0 Å². The lowest BCUT2D eigenvalue weighted by Gasteiger charge is -2.34. The minimum absolute atomic E-state index is 0.0249. The molecule has 21 heavy (non-hydrogen) atoms. The Balaban J connectivity index is 2.22. The summed E-state index contributed by atoms with van der Waals surface area (Å²) in [6, 6.07) is 2.50. The first kappa shape index (κ1) is 16.5. The molecule has 0 bridgehead atoms. The van der Waals surface area contributed by atoms with Gasteiger partial charge < -0.3 is 10.1 Å². The average molecular weight is 352 g/mol. The second-order valence-corrected chi connectivity index (χ2v) is 7.99. The number of carbonyl (C=O) groups excluding carboxylic acids is 1. The van der Waals surface area contributed by atoms with Crippen LogP contribution < -0.4 is 5.32 Å². The van der Waals surface area contributed by atoms with Crippen molar-refractivity contribution in [1.29, 1.82) is 0 Å². The second-order valence-electron chi connectivity index (χ2n) is 5.02. The van der Waals surface area contributed by atoms with E-state index in [1.54, 1.807) is 14.0 Å². The lowest BCUT2D eigenvalue weighted by molar-refractivity contribution is 0.0176. The largest absolute Gasteiger partial charge is 0.381 e. The van der Waals surface area contributed by atoms with Gasteiger partial charge in [0.15, 0.2) is 0 Å². The molecule has 1 fully saturated rings. The number of hydrogen-bond acceptors (Lipinski definition) is 4. The number of nitrogens with one attached hydrogen (secondary N) is 1. The van der Waals surface area contributed by atoms with E-state index in [0.717, 1.165) is 12.8 Å².